The molecule has 0 aromatic heterocycles. The molecule has 0 saturated carbocycles. The minimum Gasteiger partial charge on any atom is -0.497 e. The first-order valence-corrected chi connectivity index (χ1v) is 12.0. The molecule has 8 nitrogen and oxygen atoms in total. The molecule has 0 spiro atoms. The molecule has 0 unspecified atom stereocenters. The Bertz CT molecular complexity index is 1350. The third kappa shape index (κ3) is 4.71. The van der Waals surface area contributed by atoms with E-state index in [4.69, 9.17) is 25.8 Å². The summed E-state index contributed by atoms with van der Waals surface area (Å²) in [6, 6.07) is 18.3. The highest BCUT2D eigenvalue weighted by molar-refractivity contribution is 7.90. The third-order valence-electron chi connectivity index (χ3n) is 5.15. The first-order chi connectivity index (χ1) is 16.3. The van der Waals surface area contributed by atoms with E-state index in [9.17, 15) is 13.2 Å². The van der Waals surface area contributed by atoms with Gasteiger partial charge < -0.3 is 19.1 Å². The Morgan fingerprint density at radius 3 is 2.29 bits per heavy atom. The van der Waals surface area contributed by atoms with Crippen LogP contribution in [0.1, 0.15) is 15.9 Å². The number of para-hydroxylation sites is 1. The summed E-state index contributed by atoms with van der Waals surface area (Å²) in [5.74, 6) is 0.526. The third-order valence-corrected chi connectivity index (χ3v) is 6.79. The molecule has 0 saturated heterocycles. The lowest BCUT2D eigenvalue weighted by molar-refractivity contribution is 0.0516. The molecule has 34 heavy (non-hydrogen) atoms. The van der Waals surface area contributed by atoms with Gasteiger partial charge in [-0.1, -0.05) is 35.9 Å². The molecule has 10 heteroatoms. The Morgan fingerprint density at radius 1 is 0.971 bits per heavy atom. The van der Waals surface area contributed by atoms with Crippen LogP contribution < -0.4 is 14.4 Å². The van der Waals surface area contributed by atoms with E-state index in [0.717, 1.165) is 0 Å². The molecule has 0 aliphatic carbocycles. The molecule has 3 aromatic carbocycles. The van der Waals surface area contributed by atoms with Crippen molar-refractivity contribution in [2.24, 2.45) is 4.40 Å². The Balaban J connectivity index is 1.61. The van der Waals surface area contributed by atoms with Crippen LogP contribution in [0.5, 0.6) is 11.5 Å². The zero-order valence-electron chi connectivity index (χ0n) is 18.4. The molecule has 1 aliphatic rings. The number of carbonyl (C=O) groups excluding carboxylic acids is 1. The van der Waals surface area contributed by atoms with E-state index in [1.165, 1.54) is 20.3 Å². The Morgan fingerprint density at radius 2 is 1.62 bits per heavy atom. The van der Waals surface area contributed by atoms with Crippen molar-refractivity contribution < 1.29 is 27.4 Å². The van der Waals surface area contributed by atoms with Crippen LogP contribution in [-0.2, 0) is 14.8 Å². The van der Waals surface area contributed by atoms with Crippen molar-refractivity contribution in [2.45, 2.75) is 4.90 Å². The molecule has 4 rings (SSSR count). The summed E-state index contributed by atoms with van der Waals surface area (Å²) in [4.78, 5) is 14.4. The SMILES string of the molecule is COc1cc(OC)cc(C(=O)OCCN(C2=NS(=O)(=O)c3ccccc32)c2ccccc2Cl)c1. The normalized spacial score (nSPS) is 13.6. The van der Waals surface area contributed by atoms with Gasteiger partial charge in [0.25, 0.3) is 10.0 Å². The molecule has 3 aromatic rings. The number of hydrogen-bond acceptors (Lipinski definition) is 7. The number of halogens is 1. The fourth-order valence-electron chi connectivity index (χ4n) is 3.53. The van der Waals surface area contributed by atoms with Gasteiger partial charge in [-0.05, 0) is 36.4 Å². The molecule has 0 fully saturated rings. The van der Waals surface area contributed by atoms with Crippen LogP contribution in [0.4, 0.5) is 5.69 Å². The molecule has 0 bridgehead atoms. The highest BCUT2D eigenvalue weighted by Gasteiger charge is 2.32. The van der Waals surface area contributed by atoms with Gasteiger partial charge in [-0.25, -0.2) is 4.79 Å². The summed E-state index contributed by atoms with van der Waals surface area (Å²) in [6.45, 7) is 0.0457. The molecule has 0 atom stereocenters. The number of rotatable bonds is 7. The second-order valence-corrected chi connectivity index (χ2v) is 9.21. The predicted octanol–water partition coefficient (Wildman–Crippen LogP) is 4.17. The van der Waals surface area contributed by atoms with Crippen molar-refractivity contribution >= 4 is 39.1 Å². The minimum absolute atomic E-state index is 0.0647. The van der Waals surface area contributed by atoms with E-state index in [-0.39, 0.29) is 29.4 Å². The summed E-state index contributed by atoms with van der Waals surface area (Å²) in [5.41, 5.74) is 1.24. The Kier molecular flexibility index (Phi) is 6.76. The van der Waals surface area contributed by atoms with Crippen molar-refractivity contribution in [3.05, 3.63) is 82.9 Å². The zero-order chi connectivity index (χ0) is 24.3. The van der Waals surface area contributed by atoms with E-state index in [2.05, 4.69) is 4.40 Å². The van der Waals surface area contributed by atoms with E-state index >= 15 is 0 Å². The molecular formula is C24H21ClN2O6S. The largest absolute Gasteiger partial charge is 0.497 e. The van der Waals surface area contributed by atoms with Crippen LogP contribution in [0.3, 0.4) is 0 Å². The molecule has 176 valence electrons. The van der Waals surface area contributed by atoms with Gasteiger partial charge in [0.2, 0.25) is 0 Å². The molecule has 1 aliphatic heterocycles. The lowest BCUT2D eigenvalue weighted by atomic mass is 10.1. The van der Waals surface area contributed by atoms with Crippen molar-refractivity contribution in [1.82, 2.24) is 0 Å². The van der Waals surface area contributed by atoms with Crippen LogP contribution >= 0.6 is 11.6 Å². The van der Waals surface area contributed by atoms with Gasteiger partial charge in [-0.3, -0.25) is 0 Å². The van der Waals surface area contributed by atoms with Crippen LogP contribution in [0.15, 0.2) is 76.0 Å². The maximum absolute atomic E-state index is 12.7. The number of nitrogens with zero attached hydrogens (tertiary/aromatic N) is 2. The quantitative estimate of drug-likeness (QED) is 0.449. The molecule has 0 amide bonds. The van der Waals surface area contributed by atoms with Crippen LogP contribution in [-0.4, -0.2) is 47.6 Å². The van der Waals surface area contributed by atoms with Crippen LogP contribution in [0.25, 0.3) is 0 Å². The van der Waals surface area contributed by atoms with E-state index in [1.807, 2.05) is 0 Å². The summed E-state index contributed by atoms with van der Waals surface area (Å²) in [5, 5.41) is 0.399. The average molecular weight is 501 g/mol. The minimum atomic E-state index is -3.85. The number of anilines is 1. The average Bonchev–Trinajstić information content (AvgIpc) is 3.12. The summed E-state index contributed by atoms with van der Waals surface area (Å²) >= 11 is 6.42. The van der Waals surface area contributed by atoms with E-state index in [0.29, 0.717) is 27.8 Å². The maximum Gasteiger partial charge on any atom is 0.338 e. The van der Waals surface area contributed by atoms with Gasteiger partial charge in [0.1, 0.15) is 23.0 Å². The first-order valence-electron chi connectivity index (χ1n) is 10.2. The van der Waals surface area contributed by atoms with E-state index < -0.39 is 16.0 Å². The summed E-state index contributed by atoms with van der Waals surface area (Å²) in [6.07, 6.45) is 0. The number of sulfonamides is 1. The highest BCUT2D eigenvalue weighted by Crippen LogP contribution is 2.33. The summed E-state index contributed by atoms with van der Waals surface area (Å²) in [7, 11) is -0.881. The fourth-order valence-corrected chi connectivity index (χ4v) is 4.98. The highest BCUT2D eigenvalue weighted by atomic mass is 35.5. The number of ether oxygens (including phenoxy) is 3. The molecule has 0 radical (unpaired) electrons. The fraction of sp³-hybridized carbons (Fsp3) is 0.167. The number of carbonyl (C=O) groups is 1. The number of methoxy groups -OCH3 is 2. The molecular weight excluding hydrogens is 480 g/mol. The standard InChI is InChI=1S/C24H21ClN2O6S/c1-31-17-13-16(14-18(15-17)32-2)24(28)33-12-11-27(21-9-5-4-8-20(21)25)23-19-7-3-6-10-22(19)34(29,30)26-23/h3-10,13-15H,11-12H2,1-2H3. The van der Waals surface area contributed by atoms with Crippen molar-refractivity contribution in [3.8, 4) is 11.5 Å². The number of hydrogen-bond donors (Lipinski definition) is 0. The Hall–Kier alpha value is -3.56. The lowest BCUT2D eigenvalue weighted by Gasteiger charge is -2.25. The monoisotopic (exact) mass is 500 g/mol. The second kappa shape index (κ2) is 9.74. The van der Waals surface area contributed by atoms with E-state index in [1.54, 1.807) is 65.6 Å². The van der Waals surface area contributed by atoms with Gasteiger partial charge >= 0.3 is 5.97 Å². The number of fused-ring (bicyclic) bond motifs is 1. The van der Waals surface area contributed by atoms with Crippen LogP contribution in [0.2, 0.25) is 5.02 Å². The van der Waals surface area contributed by atoms with Gasteiger partial charge in [0.05, 0.1) is 37.0 Å². The van der Waals surface area contributed by atoms with Gasteiger partial charge in [0.15, 0.2) is 5.84 Å². The van der Waals surface area contributed by atoms with Gasteiger partial charge in [0, 0.05) is 11.6 Å². The van der Waals surface area contributed by atoms with Gasteiger partial charge in [-0.2, -0.15) is 8.42 Å². The van der Waals surface area contributed by atoms with Crippen molar-refractivity contribution in [1.29, 1.82) is 0 Å². The first kappa shape index (κ1) is 23.6. The number of esters is 1. The second-order valence-electron chi connectivity index (χ2n) is 7.23. The summed E-state index contributed by atoms with van der Waals surface area (Å²) < 4.78 is 45.1. The Labute approximate surface area is 202 Å². The van der Waals surface area contributed by atoms with Crippen molar-refractivity contribution in [3.63, 3.8) is 0 Å². The number of amidine groups is 1. The van der Waals surface area contributed by atoms with Crippen LogP contribution in [0, 0.1) is 0 Å². The number of benzene rings is 3. The zero-order valence-corrected chi connectivity index (χ0v) is 20.0. The molecule has 0 N–H and O–H groups in total. The van der Waals surface area contributed by atoms with Crippen molar-refractivity contribution in [2.75, 3.05) is 32.3 Å². The smallest absolute Gasteiger partial charge is 0.338 e. The molecule has 1 heterocycles. The predicted molar refractivity (Wildman–Crippen MR) is 129 cm³/mol. The van der Waals surface area contributed by atoms with Gasteiger partial charge in [-0.15, -0.1) is 4.40 Å². The lowest BCUT2D eigenvalue weighted by Crippen LogP contribution is -2.34. The topological polar surface area (TPSA) is 94.5 Å². The maximum atomic E-state index is 12.7.